The molecule has 0 bridgehead atoms. The van der Waals surface area contributed by atoms with E-state index in [2.05, 4.69) is 9.97 Å². The lowest BCUT2D eigenvalue weighted by atomic mass is 10.0. The Morgan fingerprint density at radius 2 is 1.89 bits per heavy atom. The van der Waals surface area contributed by atoms with Crippen LogP contribution in [-0.4, -0.2) is 22.9 Å². The van der Waals surface area contributed by atoms with Gasteiger partial charge in [-0.25, -0.2) is 4.98 Å². The van der Waals surface area contributed by atoms with Crippen LogP contribution < -0.4 is 4.74 Å². The zero-order valence-electron chi connectivity index (χ0n) is 14.6. The molecule has 0 unspecified atom stereocenters. The Balaban J connectivity index is 1.85. The van der Waals surface area contributed by atoms with Crippen molar-refractivity contribution in [2.45, 2.75) is 0 Å². The third-order valence-electron chi connectivity index (χ3n) is 4.08. The van der Waals surface area contributed by atoms with Crippen molar-refractivity contribution in [1.29, 1.82) is 0 Å². The Bertz CT molecular complexity index is 1100. The zero-order valence-corrected chi connectivity index (χ0v) is 14.6. The average molecular weight is 356 g/mol. The molecule has 132 valence electrons. The Hall–Kier alpha value is -3.73. The van der Waals surface area contributed by atoms with E-state index in [1.807, 2.05) is 42.5 Å². The predicted molar refractivity (Wildman–Crippen MR) is 103 cm³/mol. The molecule has 2 heterocycles. The molecule has 5 nitrogen and oxygen atoms in total. The molecule has 0 saturated heterocycles. The van der Waals surface area contributed by atoms with Gasteiger partial charge in [0, 0.05) is 11.8 Å². The summed E-state index contributed by atoms with van der Waals surface area (Å²) in [7, 11) is 1.56. The second-order valence-electron chi connectivity index (χ2n) is 5.86. The number of hydrogen-bond donors (Lipinski definition) is 0. The number of aromatic nitrogens is 2. The number of fused-ring (bicyclic) bond motifs is 1. The van der Waals surface area contributed by atoms with Crippen molar-refractivity contribution in [2.75, 3.05) is 7.11 Å². The molecule has 0 aliphatic heterocycles. The summed E-state index contributed by atoms with van der Waals surface area (Å²) in [4.78, 5) is 22.0. The summed E-state index contributed by atoms with van der Waals surface area (Å²) in [6, 6.07) is 19.9. The van der Waals surface area contributed by atoms with Crippen LogP contribution in [0.2, 0.25) is 0 Å². The monoisotopic (exact) mass is 356 g/mol. The van der Waals surface area contributed by atoms with Gasteiger partial charge in [-0.2, -0.15) is 0 Å². The van der Waals surface area contributed by atoms with E-state index in [4.69, 9.17) is 9.15 Å². The van der Waals surface area contributed by atoms with E-state index in [0.29, 0.717) is 33.7 Å². The minimum absolute atomic E-state index is 0.217. The number of pyridine rings is 1. The van der Waals surface area contributed by atoms with E-state index in [-0.39, 0.29) is 11.7 Å². The number of carbonyl (C=O) groups is 1. The van der Waals surface area contributed by atoms with Crippen LogP contribution in [-0.2, 0) is 0 Å². The number of para-hydroxylation sites is 2. The highest BCUT2D eigenvalue weighted by Gasteiger charge is 2.20. The summed E-state index contributed by atoms with van der Waals surface area (Å²) in [6.45, 7) is 0. The third-order valence-corrected chi connectivity index (χ3v) is 4.08. The van der Waals surface area contributed by atoms with Gasteiger partial charge in [-0.05, 0) is 42.5 Å². The Morgan fingerprint density at radius 3 is 2.67 bits per heavy atom. The lowest BCUT2D eigenvalue weighted by Crippen LogP contribution is -2.04. The molecule has 0 saturated carbocycles. The molecule has 0 N–H and O–H groups in total. The quantitative estimate of drug-likeness (QED) is 0.384. The predicted octanol–water partition coefficient (Wildman–Crippen LogP) is 4.65. The lowest BCUT2D eigenvalue weighted by molar-refractivity contribution is 0.105. The number of oxazole rings is 1. The first-order chi connectivity index (χ1) is 13.2. The minimum Gasteiger partial charge on any atom is -0.497 e. The number of benzene rings is 2. The van der Waals surface area contributed by atoms with Crippen molar-refractivity contribution < 1.29 is 13.9 Å². The lowest BCUT2D eigenvalue weighted by Gasteiger charge is -2.06. The number of rotatable bonds is 5. The smallest absolute Gasteiger partial charge is 0.231 e. The molecule has 4 aromatic rings. The fourth-order valence-corrected chi connectivity index (χ4v) is 2.74. The van der Waals surface area contributed by atoms with Gasteiger partial charge in [-0.3, -0.25) is 9.78 Å². The van der Waals surface area contributed by atoms with Gasteiger partial charge in [-0.1, -0.05) is 30.3 Å². The van der Waals surface area contributed by atoms with Crippen molar-refractivity contribution in [3.63, 3.8) is 0 Å². The van der Waals surface area contributed by atoms with E-state index < -0.39 is 0 Å². The van der Waals surface area contributed by atoms with Crippen LogP contribution in [0.15, 0.2) is 77.3 Å². The van der Waals surface area contributed by atoms with Crippen molar-refractivity contribution in [2.24, 2.45) is 0 Å². The molecule has 5 heteroatoms. The summed E-state index contributed by atoms with van der Waals surface area (Å²) in [6.07, 6.45) is 3.36. The van der Waals surface area contributed by atoms with E-state index in [0.717, 1.165) is 0 Å². The van der Waals surface area contributed by atoms with Crippen molar-refractivity contribution in [1.82, 2.24) is 9.97 Å². The van der Waals surface area contributed by atoms with Crippen LogP contribution in [0.5, 0.6) is 5.75 Å². The van der Waals surface area contributed by atoms with Gasteiger partial charge in [-0.15, -0.1) is 0 Å². The molecule has 0 atom stereocenters. The van der Waals surface area contributed by atoms with E-state index >= 15 is 0 Å². The fraction of sp³-hybridized carbons (Fsp3) is 0.0455. The van der Waals surface area contributed by atoms with Crippen LogP contribution >= 0.6 is 0 Å². The SMILES string of the molecule is COc1cccc(C(=O)C(=Cc2ccccn2)c2nc3ccccc3o2)c1. The molecule has 0 aliphatic rings. The van der Waals surface area contributed by atoms with E-state index in [1.54, 1.807) is 43.6 Å². The number of nitrogens with zero attached hydrogens (tertiary/aromatic N) is 2. The second-order valence-corrected chi connectivity index (χ2v) is 5.86. The minimum atomic E-state index is -0.217. The molecule has 0 aliphatic carbocycles. The summed E-state index contributed by atoms with van der Waals surface area (Å²) in [5, 5.41) is 0. The van der Waals surface area contributed by atoms with E-state index in [1.165, 1.54) is 0 Å². The maximum atomic E-state index is 13.2. The summed E-state index contributed by atoms with van der Waals surface area (Å²) in [5.74, 6) is 0.649. The maximum absolute atomic E-state index is 13.2. The van der Waals surface area contributed by atoms with Crippen LogP contribution in [0.3, 0.4) is 0 Å². The number of ether oxygens (including phenoxy) is 1. The molecule has 2 aromatic heterocycles. The first-order valence-electron chi connectivity index (χ1n) is 8.42. The highest BCUT2D eigenvalue weighted by atomic mass is 16.5. The van der Waals surface area contributed by atoms with Gasteiger partial charge >= 0.3 is 0 Å². The molecule has 2 aromatic carbocycles. The highest BCUT2D eigenvalue weighted by Crippen LogP contribution is 2.26. The Kier molecular flexibility index (Phi) is 4.49. The van der Waals surface area contributed by atoms with Gasteiger partial charge in [0.15, 0.2) is 11.4 Å². The summed E-state index contributed by atoms with van der Waals surface area (Å²) < 4.78 is 11.1. The maximum Gasteiger partial charge on any atom is 0.231 e. The van der Waals surface area contributed by atoms with Crippen LogP contribution in [0.4, 0.5) is 0 Å². The molecule has 0 fully saturated rings. The van der Waals surface area contributed by atoms with E-state index in [9.17, 15) is 4.79 Å². The van der Waals surface area contributed by atoms with Crippen molar-refractivity contribution in [3.05, 3.63) is 90.1 Å². The third kappa shape index (κ3) is 3.48. The molecule has 4 rings (SSSR count). The molecular weight excluding hydrogens is 340 g/mol. The first kappa shape index (κ1) is 16.7. The Morgan fingerprint density at radius 1 is 1.04 bits per heavy atom. The highest BCUT2D eigenvalue weighted by molar-refractivity contribution is 6.31. The topological polar surface area (TPSA) is 65.2 Å². The number of allylic oxidation sites excluding steroid dienone is 1. The van der Waals surface area contributed by atoms with Crippen molar-refractivity contribution >= 4 is 28.5 Å². The zero-order chi connectivity index (χ0) is 18.6. The number of methoxy groups -OCH3 is 1. The molecule has 27 heavy (non-hydrogen) atoms. The fourth-order valence-electron chi connectivity index (χ4n) is 2.74. The Labute approximate surface area is 156 Å². The van der Waals surface area contributed by atoms with Gasteiger partial charge in [0.1, 0.15) is 11.3 Å². The van der Waals surface area contributed by atoms with Crippen LogP contribution in [0.25, 0.3) is 22.7 Å². The normalized spacial score (nSPS) is 11.5. The largest absolute Gasteiger partial charge is 0.497 e. The second kappa shape index (κ2) is 7.25. The number of carbonyl (C=O) groups excluding carboxylic acids is 1. The van der Waals surface area contributed by atoms with Gasteiger partial charge in [0.05, 0.1) is 18.4 Å². The van der Waals surface area contributed by atoms with Gasteiger partial charge in [0.2, 0.25) is 5.89 Å². The van der Waals surface area contributed by atoms with Crippen molar-refractivity contribution in [3.8, 4) is 5.75 Å². The summed E-state index contributed by atoms with van der Waals surface area (Å²) >= 11 is 0. The molecule has 0 amide bonds. The summed E-state index contributed by atoms with van der Waals surface area (Å²) in [5.41, 5.74) is 2.78. The molecule has 0 spiro atoms. The van der Waals surface area contributed by atoms with Crippen LogP contribution in [0, 0.1) is 0 Å². The van der Waals surface area contributed by atoms with Gasteiger partial charge < -0.3 is 9.15 Å². The molecular formula is C22H16N2O3. The van der Waals surface area contributed by atoms with Crippen LogP contribution in [0.1, 0.15) is 21.9 Å². The average Bonchev–Trinajstić information content (AvgIpc) is 3.16. The number of hydrogen-bond acceptors (Lipinski definition) is 5. The first-order valence-corrected chi connectivity index (χ1v) is 8.42. The standard InChI is InChI=1S/C22H16N2O3/c1-26-17-9-6-7-15(13-17)21(25)18(14-16-8-4-5-12-23-16)22-24-19-10-2-3-11-20(19)27-22/h2-14H,1H3. The van der Waals surface area contributed by atoms with Gasteiger partial charge in [0.25, 0.3) is 0 Å². The number of ketones is 1. The number of Topliss-reactive ketones (excluding diaryl/α,β-unsaturated/α-hetero) is 1. The molecule has 0 radical (unpaired) electrons.